The molecule has 0 aliphatic carbocycles. The summed E-state index contributed by atoms with van der Waals surface area (Å²) in [7, 11) is 0. The lowest BCUT2D eigenvalue weighted by Gasteiger charge is -2.32. The van der Waals surface area contributed by atoms with Gasteiger partial charge in [0.2, 0.25) is 5.83 Å². The van der Waals surface area contributed by atoms with Crippen molar-refractivity contribution < 1.29 is 62.6 Å². The molecule has 0 aliphatic heterocycles. The van der Waals surface area contributed by atoms with Crippen LogP contribution in [0.15, 0.2) is 36.1 Å². The van der Waals surface area contributed by atoms with E-state index in [9.17, 15) is 53.1 Å². The number of unbranched alkanes of at least 4 members (excludes halogenated alkanes) is 4. The normalized spacial score (nSPS) is 13.8. The standard InChI is InChI=1S/C20H20F11NO3/c1-2-3-4-5-8-11-34-16(33)32-12-9-6-7-10-13(12)35-15(22)14(21)17(23,24)18(25,26)19(27,28)20(29,30)31/h6-7,9-10H,2-5,8,11H2,1H3,(H,32,33). The number of anilines is 1. The first-order chi connectivity index (χ1) is 16.0. The van der Waals surface area contributed by atoms with Crippen LogP contribution in [0.1, 0.15) is 39.0 Å². The van der Waals surface area contributed by atoms with Crippen molar-refractivity contribution in [3.05, 3.63) is 36.1 Å². The summed E-state index contributed by atoms with van der Waals surface area (Å²) < 4.78 is 152. The number of benzene rings is 1. The third-order valence-corrected chi connectivity index (χ3v) is 4.40. The molecule has 0 fully saturated rings. The van der Waals surface area contributed by atoms with Crippen LogP contribution in [0, 0.1) is 0 Å². The highest BCUT2D eigenvalue weighted by molar-refractivity contribution is 5.86. The summed E-state index contributed by atoms with van der Waals surface area (Å²) in [5.41, 5.74) is -0.554. The molecule has 0 spiro atoms. The van der Waals surface area contributed by atoms with Gasteiger partial charge in [-0.15, -0.1) is 0 Å². The summed E-state index contributed by atoms with van der Waals surface area (Å²) in [6, 6.07) is 0.625. The first kappa shape index (κ1) is 30.3. The quantitative estimate of drug-likeness (QED) is 0.168. The second-order valence-corrected chi connectivity index (χ2v) is 7.08. The van der Waals surface area contributed by atoms with Crippen molar-refractivity contribution in [1.82, 2.24) is 0 Å². The fourth-order valence-corrected chi connectivity index (χ4v) is 2.45. The number of amides is 1. The molecule has 1 aromatic carbocycles. The minimum atomic E-state index is -7.43. The van der Waals surface area contributed by atoms with Crippen molar-refractivity contribution in [1.29, 1.82) is 0 Å². The molecule has 0 heterocycles. The Bertz CT molecular complexity index is 885. The van der Waals surface area contributed by atoms with E-state index in [1.54, 1.807) is 0 Å². The lowest BCUT2D eigenvalue weighted by molar-refractivity contribution is -0.392. The first-order valence-electron chi connectivity index (χ1n) is 9.97. The van der Waals surface area contributed by atoms with Crippen LogP contribution in [-0.4, -0.2) is 36.6 Å². The molecule has 0 bridgehead atoms. The zero-order valence-corrected chi connectivity index (χ0v) is 17.9. The molecule has 1 N–H and O–H groups in total. The summed E-state index contributed by atoms with van der Waals surface area (Å²) in [5.74, 6) is -26.9. The van der Waals surface area contributed by atoms with Crippen LogP contribution in [0.25, 0.3) is 0 Å². The van der Waals surface area contributed by atoms with Crippen molar-refractivity contribution in [2.75, 3.05) is 11.9 Å². The lowest BCUT2D eigenvalue weighted by Crippen LogP contribution is -2.61. The number of ether oxygens (including phenoxy) is 2. The van der Waals surface area contributed by atoms with Crippen molar-refractivity contribution in [2.45, 2.75) is 63.0 Å². The average molecular weight is 531 g/mol. The van der Waals surface area contributed by atoms with E-state index in [-0.39, 0.29) is 6.61 Å². The van der Waals surface area contributed by atoms with Gasteiger partial charge in [-0.25, -0.2) is 4.79 Å². The second-order valence-electron chi connectivity index (χ2n) is 7.08. The molecule has 0 atom stereocenters. The summed E-state index contributed by atoms with van der Waals surface area (Å²) >= 11 is 0. The van der Waals surface area contributed by atoms with Gasteiger partial charge in [-0.2, -0.15) is 48.3 Å². The predicted octanol–water partition coefficient (Wildman–Crippen LogP) is 8.16. The van der Waals surface area contributed by atoms with Crippen molar-refractivity contribution in [3.8, 4) is 5.75 Å². The number of rotatable bonds is 12. The molecule has 0 unspecified atom stereocenters. The number of nitrogens with one attached hydrogen (secondary N) is 1. The Morgan fingerprint density at radius 1 is 0.857 bits per heavy atom. The number of allylic oxidation sites excluding steroid dienone is 1. The SMILES string of the molecule is CCCCCCCOC(=O)Nc1ccccc1OC(F)=C(F)C(F)(F)C(F)(F)C(F)(F)C(F)(F)F. The minimum absolute atomic E-state index is 0.0455. The highest BCUT2D eigenvalue weighted by Crippen LogP contribution is 2.55. The Hall–Kier alpha value is -2.74. The van der Waals surface area contributed by atoms with E-state index in [1.165, 1.54) is 6.07 Å². The van der Waals surface area contributed by atoms with Crippen molar-refractivity contribution in [3.63, 3.8) is 0 Å². The van der Waals surface area contributed by atoms with Gasteiger partial charge in [-0.05, 0) is 18.6 Å². The third kappa shape index (κ3) is 7.13. The van der Waals surface area contributed by atoms with Crippen LogP contribution in [-0.2, 0) is 4.74 Å². The molecule has 0 saturated heterocycles. The van der Waals surface area contributed by atoms with Gasteiger partial charge in [0.25, 0.3) is 0 Å². The van der Waals surface area contributed by atoms with Crippen LogP contribution in [0.5, 0.6) is 5.75 Å². The molecular formula is C20H20F11NO3. The largest absolute Gasteiger partial charge is 0.460 e. The van der Waals surface area contributed by atoms with Crippen molar-refractivity contribution in [2.24, 2.45) is 0 Å². The number of carbonyl (C=O) groups excluding carboxylic acids is 1. The summed E-state index contributed by atoms with van der Waals surface area (Å²) in [4.78, 5) is 11.8. The van der Waals surface area contributed by atoms with E-state index in [4.69, 9.17) is 4.74 Å². The smallest absolute Gasteiger partial charge is 0.449 e. The maximum Gasteiger partial charge on any atom is 0.460 e. The van der Waals surface area contributed by atoms with E-state index < -0.39 is 53.3 Å². The van der Waals surface area contributed by atoms with Crippen LogP contribution in [0.4, 0.5) is 58.8 Å². The fourth-order valence-electron chi connectivity index (χ4n) is 2.45. The molecule has 4 nitrogen and oxygen atoms in total. The second kappa shape index (κ2) is 11.8. The Morgan fingerprint density at radius 3 is 2.00 bits per heavy atom. The number of alkyl halides is 9. The van der Waals surface area contributed by atoms with E-state index in [0.717, 1.165) is 37.8 Å². The van der Waals surface area contributed by atoms with Crippen LogP contribution in [0.2, 0.25) is 0 Å². The highest BCUT2D eigenvalue weighted by atomic mass is 19.4. The van der Waals surface area contributed by atoms with Crippen LogP contribution in [0.3, 0.4) is 0 Å². The highest BCUT2D eigenvalue weighted by Gasteiger charge is 2.83. The summed E-state index contributed by atoms with van der Waals surface area (Å²) in [6.45, 7) is 1.94. The molecule has 0 radical (unpaired) electrons. The fraction of sp³-hybridized carbons (Fsp3) is 0.550. The van der Waals surface area contributed by atoms with E-state index in [1.807, 2.05) is 12.2 Å². The number of carbonyl (C=O) groups is 1. The molecule has 1 aromatic rings. The Balaban J connectivity index is 3.03. The third-order valence-electron chi connectivity index (χ3n) is 4.40. The van der Waals surface area contributed by atoms with Gasteiger partial charge >= 0.3 is 36.1 Å². The minimum Gasteiger partial charge on any atom is -0.449 e. The number of para-hydroxylation sites is 2. The van der Waals surface area contributed by atoms with Crippen LogP contribution < -0.4 is 10.1 Å². The summed E-state index contributed by atoms with van der Waals surface area (Å²) in [5, 5.41) is 1.97. The molecule has 1 rings (SSSR count). The Morgan fingerprint density at radius 2 is 1.43 bits per heavy atom. The van der Waals surface area contributed by atoms with Gasteiger partial charge in [0, 0.05) is 0 Å². The molecule has 0 saturated carbocycles. The van der Waals surface area contributed by atoms with Crippen LogP contribution >= 0.6 is 0 Å². The van der Waals surface area contributed by atoms with Crippen molar-refractivity contribution >= 4 is 11.8 Å². The van der Waals surface area contributed by atoms with Gasteiger partial charge in [0.1, 0.15) is 0 Å². The molecular weight excluding hydrogens is 511 g/mol. The lowest BCUT2D eigenvalue weighted by atomic mass is 10.0. The topological polar surface area (TPSA) is 47.6 Å². The molecule has 200 valence electrons. The Labute approximate surface area is 192 Å². The average Bonchev–Trinajstić information content (AvgIpc) is 2.75. The van der Waals surface area contributed by atoms with E-state index >= 15 is 0 Å². The van der Waals surface area contributed by atoms with Gasteiger partial charge < -0.3 is 9.47 Å². The monoisotopic (exact) mass is 531 g/mol. The molecule has 35 heavy (non-hydrogen) atoms. The van der Waals surface area contributed by atoms with Gasteiger partial charge in [0.05, 0.1) is 12.3 Å². The van der Waals surface area contributed by atoms with E-state index in [2.05, 4.69) is 4.74 Å². The number of hydrogen-bond donors (Lipinski definition) is 1. The zero-order chi connectivity index (χ0) is 27.1. The molecule has 15 heteroatoms. The number of hydrogen-bond acceptors (Lipinski definition) is 3. The first-order valence-corrected chi connectivity index (χ1v) is 9.97. The zero-order valence-electron chi connectivity index (χ0n) is 17.9. The predicted molar refractivity (Wildman–Crippen MR) is 101 cm³/mol. The molecule has 1 amide bonds. The maximum atomic E-state index is 13.9. The van der Waals surface area contributed by atoms with E-state index in [0.29, 0.717) is 12.5 Å². The van der Waals surface area contributed by atoms with Gasteiger partial charge in [-0.3, -0.25) is 5.32 Å². The summed E-state index contributed by atoms with van der Waals surface area (Å²) in [6.07, 6.45) is -4.33. The Kier molecular flexibility index (Phi) is 10.2. The van der Waals surface area contributed by atoms with Gasteiger partial charge in [-0.1, -0.05) is 44.7 Å². The maximum absolute atomic E-state index is 13.9. The molecule has 0 aliphatic rings. The van der Waals surface area contributed by atoms with Gasteiger partial charge in [0.15, 0.2) is 5.75 Å². The number of halogens is 11. The molecule has 0 aromatic heterocycles.